The third-order valence-electron chi connectivity index (χ3n) is 2.42. The highest BCUT2D eigenvalue weighted by Gasteiger charge is 2.20. The number of amides is 1. The standard InChI is InChI=1S/C11H13IN2O5/c12-10-2-1-8(14(18)19)7-9(10)11(17)13(3-5-15)4-6-16/h1-2,7,15-16H,3-6H2. The summed E-state index contributed by atoms with van der Waals surface area (Å²) in [6.07, 6.45) is 0. The molecule has 1 aromatic rings. The number of halogens is 1. The van der Waals surface area contributed by atoms with E-state index >= 15 is 0 Å². The molecular weight excluding hydrogens is 367 g/mol. The molecule has 0 spiro atoms. The van der Waals surface area contributed by atoms with E-state index in [0.717, 1.165) is 0 Å². The Kier molecular flexibility index (Phi) is 6.12. The second-order valence-electron chi connectivity index (χ2n) is 3.66. The van der Waals surface area contributed by atoms with E-state index in [1.807, 2.05) is 22.6 Å². The normalized spacial score (nSPS) is 10.3. The van der Waals surface area contributed by atoms with Crippen molar-refractivity contribution in [3.63, 3.8) is 0 Å². The molecule has 0 aliphatic carbocycles. The summed E-state index contributed by atoms with van der Waals surface area (Å²) in [6.45, 7) is -0.342. The topological polar surface area (TPSA) is 104 Å². The van der Waals surface area contributed by atoms with Crippen molar-refractivity contribution in [2.75, 3.05) is 26.3 Å². The summed E-state index contributed by atoms with van der Waals surface area (Å²) in [5.41, 5.74) is 0.0217. The highest BCUT2D eigenvalue weighted by atomic mass is 127. The maximum absolute atomic E-state index is 12.2. The van der Waals surface area contributed by atoms with Crippen LogP contribution in [0.25, 0.3) is 0 Å². The van der Waals surface area contributed by atoms with Crippen LogP contribution in [0.1, 0.15) is 10.4 Å². The van der Waals surface area contributed by atoms with Gasteiger partial charge in [0, 0.05) is 28.8 Å². The molecule has 0 heterocycles. The first-order chi connectivity index (χ1) is 9.01. The molecule has 8 heteroatoms. The van der Waals surface area contributed by atoms with Gasteiger partial charge in [-0.1, -0.05) is 0 Å². The van der Waals surface area contributed by atoms with Crippen LogP contribution in [0.2, 0.25) is 0 Å². The number of benzene rings is 1. The molecule has 0 aliphatic rings. The van der Waals surface area contributed by atoms with E-state index in [1.165, 1.54) is 23.1 Å². The first-order valence-electron chi connectivity index (χ1n) is 5.46. The van der Waals surface area contributed by atoms with Crippen LogP contribution in [0.4, 0.5) is 5.69 Å². The molecule has 0 aliphatic heterocycles. The van der Waals surface area contributed by atoms with Gasteiger partial charge < -0.3 is 15.1 Å². The number of hydrogen-bond donors (Lipinski definition) is 2. The fraction of sp³-hybridized carbons (Fsp3) is 0.364. The number of nitrogens with zero attached hydrogens (tertiary/aromatic N) is 2. The van der Waals surface area contributed by atoms with Crippen molar-refractivity contribution in [3.05, 3.63) is 37.4 Å². The molecule has 0 fully saturated rings. The van der Waals surface area contributed by atoms with E-state index in [4.69, 9.17) is 10.2 Å². The van der Waals surface area contributed by atoms with E-state index in [9.17, 15) is 14.9 Å². The van der Waals surface area contributed by atoms with E-state index < -0.39 is 10.8 Å². The Morgan fingerprint density at radius 3 is 2.37 bits per heavy atom. The Morgan fingerprint density at radius 2 is 1.89 bits per heavy atom. The van der Waals surface area contributed by atoms with Crippen molar-refractivity contribution in [2.45, 2.75) is 0 Å². The molecule has 19 heavy (non-hydrogen) atoms. The second-order valence-corrected chi connectivity index (χ2v) is 4.82. The molecule has 0 atom stereocenters. The number of nitro benzene ring substituents is 1. The van der Waals surface area contributed by atoms with Crippen LogP contribution >= 0.6 is 22.6 Å². The summed E-state index contributed by atoms with van der Waals surface area (Å²) >= 11 is 1.91. The summed E-state index contributed by atoms with van der Waals surface area (Å²) in [7, 11) is 0. The fourth-order valence-electron chi connectivity index (χ4n) is 1.52. The van der Waals surface area contributed by atoms with Crippen molar-refractivity contribution in [2.24, 2.45) is 0 Å². The maximum atomic E-state index is 12.2. The molecule has 0 bridgehead atoms. The lowest BCUT2D eigenvalue weighted by Gasteiger charge is -2.21. The zero-order valence-corrected chi connectivity index (χ0v) is 12.1. The van der Waals surface area contributed by atoms with Gasteiger partial charge in [-0.15, -0.1) is 0 Å². The van der Waals surface area contributed by atoms with Crippen molar-refractivity contribution in [1.29, 1.82) is 0 Å². The summed E-state index contributed by atoms with van der Waals surface area (Å²) < 4.78 is 0.578. The molecular formula is C11H13IN2O5. The molecule has 1 rings (SSSR count). The van der Waals surface area contributed by atoms with Gasteiger partial charge in [0.05, 0.1) is 23.7 Å². The van der Waals surface area contributed by atoms with E-state index in [0.29, 0.717) is 3.57 Å². The van der Waals surface area contributed by atoms with E-state index in [-0.39, 0.29) is 37.6 Å². The van der Waals surface area contributed by atoms with Gasteiger partial charge in [-0.3, -0.25) is 14.9 Å². The number of carbonyl (C=O) groups excluding carboxylic acids is 1. The zero-order valence-electron chi connectivity index (χ0n) is 9.95. The lowest BCUT2D eigenvalue weighted by Crippen LogP contribution is -2.36. The van der Waals surface area contributed by atoms with Crippen LogP contribution in [0, 0.1) is 13.7 Å². The van der Waals surface area contributed by atoms with Gasteiger partial charge in [0.1, 0.15) is 0 Å². The monoisotopic (exact) mass is 380 g/mol. The smallest absolute Gasteiger partial charge is 0.270 e. The minimum atomic E-state index is -0.574. The molecule has 1 aromatic carbocycles. The fourth-order valence-corrected chi connectivity index (χ4v) is 2.08. The number of carbonyl (C=O) groups is 1. The summed E-state index contributed by atoms with van der Waals surface area (Å²) in [5, 5.41) is 28.5. The molecule has 7 nitrogen and oxygen atoms in total. The Labute approximate surface area is 123 Å². The quantitative estimate of drug-likeness (QED) is 0.428. The number of non-ortho nitro benzene ring substituents is 1. The van der Waals surface area contributed by atoms with Crippen LogP contribution in [0.3, 0.4) is 0 Å². The van der Waals surface area contributed by atoms with Crippen LogP contribution in [0.5, 0.6) is 0 Å². The molecule has 0 saturated heterocycles. The average Bonchev–Trinajstić information content (AvgIpc) is 2.38. The number of nitro groups is 1. The molecule has 0 saturated carbocycles. The number of hydrogen-bond acceptors (Lipinski definition) is 5. The van der Waals surface area contributed by atoms with Crippen molar-refractivity contribution in [1.82, 2.24) is 4.90 Å². The molecule has 104 valence electrons. The predicted octanol–water partition coefficient (Wildman–Crippen LogP) is 0.626. The van der Waals surface area contributed by atoms with E-state index in [2.05, 4.69) is 0 Å². The predicted molar refractivity (Wildman–Crippen MR) is 75.9 cm³/mol. The average molecular weight is 380 g/mol. The Morgan fingerprint density at radius 1 is 1.32 bits per heavy atom. The minimum Gasteiger partial charge on any atom is -0.395 e. The first-order valence-corrected chi connectivity index (χ1v) is 6.54. The van der Waals surface area contributed by atoms with Gasteiger partial charge in [-0.2, -0.15) is 0 Å². The van der Waals surface area contributed by atoms with E-state index in [1.54, 1.807) is 0 Å². The number of rotatable bonds is 6. The van der Waals surface area contributed by atoms with Crippen molar-refractivity contribution in [3.8, 4) is 0 Å². The zero-order chi connectivity index (χ0) is 14.4. The van der Waals surface area contributed by atoms with Gasteiger partial charge in [0.25, 0.3) is 11.6 Å². The number of aliphatic hydroxyl groups excluding tert-OH is 2. The molecule has 0 aromatic heterocycles. The first kappa shape index (κ1) is 15.8. The third kappa shape index (κ3) is 4.11. The molecule has 1 amide bonds. The summed E-state index contributed by atoms with van der Waals surface area (Å²) in [5.74, 6) is -0.448. The third-order valence-corrected chi connectivity index (χ3v) is 3.36. The largest absolute Gasteiger partial charge is 0.395 e. The van der Waals surface area contributed by atoms with Crippen LogP contribution in [-0.2, 0) is 0 Å². The summed E-state index contributed by atoms with van der Waals surface area (Å²) in [4.78, 5) is 23.6. The Hall–Kier alpha value is -1.26. The number of aliphatic hydroxyl groups is 2. The van der Waals surface area contributed by atoms with Crippen molar-refractivity contribution >= 4 is 34.2 Å². The lowest BCUT2D eigenvalue weighted by atomic mass is 10.1. The SMILES string of the molecule is O=C(c1cc([N+](=O)[O-])ccc1I)N(CCO)CCO. The van der Waals surface area contributed by atoms with Crippen LogP contribution < -0.4 is 0 Å². The molecule has 2 N–H and O–H groups in total. The van der Waals surface area contributed by atoms with Gasteiger partial charge in [0.2, 0.25) is 0 Å². The van der Waals surface area contributed by atoms with Gasteiger partial charge in [-0.25, -0.2) is 0 Å². The maximum Gasteiger partial charge on any atom is 0.270 e. The lowest BCUT2D eigenvalue weighted by molar-refractivity contribution is -0.384. The highest BCUT2D eigenvalue weighted by molar-refractivity contribution is 14.1. The minimum absolute atomic E-state index is 0.0676. The van der Waals surface area contributed by atoms with Gasteiger partial charge in [0.15, 0.2) is 0 Å². The molecule has 0 unspecified atom stereocenters. The van der Waals surface area contributed by atoms with Gasteiger partial charge >= 0.3 is 0 Å². The molecule has 0 radical (unpaired) electrons. The Bertz CT molecular complexity index is 474. The van der Waals surface area contributed by atoms with Crippen LogP contribution in [-0.4, -0.2) is 52.2 Å². The van der Waals surface area contributed by atoms with Gasteiger partial charge in [-0.05, 0) is 28.7 Å². The van der Waals surface area contributed by atoms with Crippen LogP contribution in [0.15, 0.2) is 18.2 Å². The Balaban J connectivity index is 3.08. The van der Waals surface area contributed by atoms with Crippen molar-refractivity contribution < 1.29 is 19.9 Å². The second kappa shape index (κ2) is 7.36. The summed E-state index contributed by atoms with van der Waals surface area (Å²) in [6, 6.07) is 4.01. The highest BCUT2D eigenvalue weighted by Crippen LogP contribution is 2.21.